The van der Waals surface area contributed by atoms with Gasteiger partial charge in [0.2, 0.25) is 5.15 Å². The second kappa shape index (κ2) is 11.3. The summed E-state index contributed by atoms with van der Waals surface area (Å²) in [6.07, 6.45) is 10.6. The van der Waals surface area contributed by atoms with Crippen molar-refractivity contribution in [3.63, 3.8) is 0 Å². The van der Waals surface area contributed by atoms with E-state index in [1.807, 2.05) is 18.2 Å². The van der Waals surface area contributed by atoms with Crippen molar-refractivity contribution in [2.45, 2.75) is 50.9 Å². The van der Waals surface area contributed by atoms with Gasteiger partial charge in [-0.05, 0) is 54.5 Å². The van der Waals surface area contributed by atoms with E-state index in [0.717, 1.165) is 32.5 Å². The highest BCUT2D eigenvalue weighted by Crippen LogP contribution is 2.48. The fourth-order valence-corrected chi connectivity index (χ4v) is 3.32. The molecule has 6 nitrogen and oxygen atoms in total. The molecule has 0 radical (unpaired) electrons. The minimum absolute atomic E-state index is 0.0815. The van der Waals surface area contributed by atoms with E-state index < -0.39 is 4.92 Å². The molecule has 1 aromatic carbocycles. The van der Waals surface area contributed by atoms with Crippen LogP contribution >= 0.6 is 21.6 Å². The fourth-order valence-electron chi connectivity index (χ4n) is 3.10. The SMILES string of the molecule is CC(C)(C)S(C)(C)C.O=[N+]([O-])c1c(NC2CCCN(Cc3ccccc3)C2)ccnc1Cl. The highest BCUT2D eigenvalue weighted by atomic mass is 35.5. The van der Waals surface area contributed by atoms with Gasteiger partial charge in [0.15, 0.2) is 0 Å². The number of anilines is 1. The van der Waals surface area contributed by atoms with Crippen molar-refractivity contribution in [3.8, 4) is 0 Å². The van der Waals surface area contributed by atoms with Crippen LogP contribution in [0.3, 0.4) is 0 Å². The first-order valence-electron chi connectivity index (χ1n) is 10.9. The second-order valence-electron chi connectivity index (χ2n) is 9.91. The molecule has 0 aliphatic carbocycles. The van der Waals surface area contributed by atoms with Gasteiger partial charge >= 0.3 is 5.69 Å². The van der Waals surface area contributed by atoms with Gasteiger partial charge in [0.25, 0.3) is 0 Å². The first-order chi connectivity index (χ1) is 14.9. The summed E-state index contributed by atoms with van der Waals surface area (Å²) < 4.78 is 0.521. The van der Waals surface area contributed by atoms with Crippen molar-refractivity contribution < 1.29 is 4.92 Å². The third-order valence-electron chi connectivity index (χ3n) is 6.01. The number of hydrogen-bond donors (Lipinski definition) is 1. The van der Waals surface area contributed by atoms with Crippen LogP contribution in [0.2, 0.25) is 5.15 Å². The Morgan fingerprint density at radius 3 is 2.41 bits per heavy atom. The van der Waals surface area contributed by atoms with Gasteiger partial charge in [-0.15, -0.1) is 0 Å². The molecule has 3 rings (SSSR count). The van der Waals surface area contributed by atoms with Crippen molar-refractivity contribution in [3.05, 3.63) is 63.4 Å². The number of piperidine rings is 1. The van der Waals surface area contributed by atoms with Crippen LogP contribution in [-0.4, -0.2) is 57.5 Å². The van der Waals surface area contributed by atoms with E-state index >= 15 is 0 Å². The molecule has 0 spiro atoms. The van der Waals surface area contributed by atoms with Gasteiger partial charge in [-0.25, -0.2) is 15.0 Å². The lowest BCUT2D eigenvalue weighted by molar-refractivity contribution is -0.384. The molecule has 1 aliphatic heterocycles. The number of pyridine rings is 1. The van der Waals surface area contributed by atoms with Crippen LogP contribution < -0.4 is 5.32 Å². The Morgan fingerprint density at radius 1 is 1.22 bits per heavy atom. The average molecular weight is 481 g/mol. The van der Waals surface area contributed by atoms with Gasteiger partial charge < -0.3 is 5.32 Å². The quantitative estimate of drug-likeness (QED) is 0.313. The maximum absolute atomic E-state index is 11.2. The summed E-state index contributed by atoms with van der Waals surface area (Å²) in [5.41, 5.74) is 1.56. The van der Waals surface area contributed by atoms with E-state index in [2.05, 4.69) is 66.9 Å². The predicted molar refractivity (Wildman–Crippen MR) is 139 cm³/mol. The molecule has 1 fully saturated rings. The van der Waals surface area contributed by atoms with Crippen LogP contribution in [0.1, 0.15) is 39.2 Å². The third kappa shape index (κ3) is 7.94. The van der Waals surface area contributed by atoms with Gasteiger partial charge in [-0.2, -0.15) is 0 Å². The van der Waals surface area contributed by atoms with E-state index in [-0.39, 0.29) is 26.9 Å². The van der Waals surface area contributed by atoms with Crippen molar-refractivity contribution in [1.29, 1.82) is 0 Å². The molecule has 1 N–H and O–H groups in total. The third-order valence-corrected chi connectivity index (χ3v) is 9.96. The molecule has 0 bridgehead atoms. The Labute approximate surface area is 199 Å². The highest BCUT2D eigenvalue weighted by Gasteiger charge is 2.25. The molecule has 2 heterocycles. The lowest BCUT2D eigenvalue weighted by Gasteiger charge is -2.40. The van der Waals surface area contributed by atoms with Crippen LogP contribution in [0.4, 0.5) is 11.4 Å². The molecule has 1 aliphatic rings. The van der Waals surface area contributed by atoms with Gasteiger partial charge in [0.05, 0.1) is 4.92 Å². The number of likely N-dealkylation sites (tertiary alicyclic amines) is 1. The smallest absolute Gasteiger partial charge is 0.329 e. The molecule has 178 valence electrons. The van der Waals surface area contributed by atoms with Crippen molar-refractivity contribution in [1.82, 2.24) is 9.88 Å². The van der Waals surface area contributed by atoms with Gasteiger partial charge in [0.1, 0.15) is 5.69 Å². The predicted octanol–water partition coefficient (Wildman–Crippen LogP) is 6.20. The lowest BCUT2D eigenvalue weighted by atomic mass is 10.0. The van der Waals surface area contributed by atoms with Gasteiger partial charge in [0, 0.05) is 25.3 Å². The van der Waals surface area contributed by atoms with E-state index in [1.54, 1.807) is 6.07 Å². The Balaban J connectivity index is 0.000000390. The summed E-state index contributed by atoms with van der Waals surface area (Å²) >= 11 is 5.87. The van der Waals surface area contributed by atoms with E-state index in [1.165, 1.54) is 11.8 Å². The molecule has 0 amide bonds. The number of rotatable bonds is 5. The minimum Gasteiger partial charge on any atom is -0.375 e. The summed E-state index contributed by atoms with van der Waals surface area (Å²) in [7, 11) is -0.340. The highest BCUT2D eigenvalue weighted by molar-refractivity contribution is 8.33. The number of nitrogens with zero attached hydrogens (tertiary/aromatic N) is 3. The number of hydrogen-bond acceptors (Lipinski definition) is 5. The second-order valence-corrected chi connectivity index (χ2v) is 15.2. The van der Waals surface area contributed by atoms with E-state index in [4.69, 9.17) is 11.6 Å². The summed E-state index contributed by atoms with van der Waals surface area (Å²) in [6.45, 7) is 9.68. The summed E-state index contributed by atoms with van der Waals surface area (Å²) in [6, 6.07) is 12.1. The van der Waals surface area contributed by atoms with Gasteiger partial charge in [-0.1, -0.05) is 62.7 Å². The van der Waals surface area contributed by atoms with Crippen molar-refractivity contribution in [2.75, 3.05) is 37.2 Å². The summed E-state index contributed by atoms with van der Waals surface area (Å²) in [4.78, 5) is 16.9. The molecule has 32 heavy (non-hydrogen) atoms. The Kier molecular flexibility index (Phi) is 9.37. The number of nitrogens with one attached hydrogen (secondary N) is 1. The summed E-state index contributed by atoms with van der Waals surface area (Å²) in [5.74, 6) is 0. The number of nitro groups is 1. The monoisotopic (exact) mass is 480 g/mol. The Hall–Kier alpha value is -1.83. The molecule has 2 aromatic rings. The average Bonchev–Trinajstić information content (AvgIpc) is 2.68. The first kappa shape index (κ1) is 26.4. The normalized spacial score (nSPS) is 17.8. The molecular formula is C24H37ClN4O2S. The number of benzene rings is 1. The van der Waals surface area contributed by atoms with Crippen LogP contribution in [0.5, 0.6) is 0 Å². The van der Waals surface area contributed by atoms with Crippen LogP contribution in [0, 0.1) is 10.1 Å². The number of aromatic nitrogens is 1. The molecule has 0 saturated carbocycles. The van der Waals surface area contributed by atoms with E-state index in [9.17, 15) is 10.1 Å². The molecule has 8 heteroatoms. The van der Waals surface area contributed by atoms with Crippen LogP contribution in [0.25, 0.3) is 0 Å². The fraction of sp³-hybridized carbons (Fsp3) is 0.542. The van der Waals surface area contributed by atoms with Crippen LogP contribution in [-0.2, 0) is 6.54 Å². The van der Waals surface area contributed by atoms with Crippen molar-refractivity contribution >= 4 is 33.0 Å². The van der Waals surface area contributed by atoms with Crippen LogP contribution in [0.15, 0.2) is 42.6 Å². The molecule has 1 aromatic heterocycles. The zero-order chi connectivity index (χ0) is 23.9. The zero-order valence-corrected chi connectivity index (χ0v) is 21.7. The molecular weight excluding hydrogens is 444 g/mol. The van der Waals surface area contributed by atoms with E-state index in [0.29, 0.717) is 10.4 Å². The lowest BCUT2D eigenvalue weighted by Crippen LogP contribution is -2.41. The standard InChI is InChI=1S/C17H19ClN4O2.C7H18S/c18-17-16(22(23)24)15(8-9-19-17)20-14-7-4-10-21(12-14)11-13-5-2-1-3-6-13;1-7(2,3)8(4,5)6/h1-3,5-6,8-9,14H,4,7,10-12H2,(H,19,20);1-6H3. The minimum atomic E-state index is -0.484. The number of halogens is 1. The Bertz CT molecular complexity index is 870. The molecule has 1 unspecified atom stereocenters. The largest absolute Gasteiger partial charge is 0.375 e. The van der Waals surface area contributed by atoms with Gasteiger partial charge in [-0.3, -0.25) is 15.0 Å². The molecule has 1 atom stereocenters. The van der Waals surface area contributed by atoms with Crippen molar-refractivity contribution in [2.24, 2.45) is 0 Å². The molecule has 1 saturated heterocycles. The Morgan fingerprint density at radius 2 is 1.84 bits per heavy atom. The first-order valence-corrected chi connectivity index (χ1v) is 14.1. The maximum Gasteiger partial charge on any atom is 0.329 e. The zero-order valence-electron chi connectivity index (χ0n) is 20.1. The maximum atomic E-state index is 11.2. The summed E-state index contributed by atoms with van der Waals surface area (Å²) in [5, 5.41) is 14.4. The topological polar surface area (TPSA) is 71.3 Å².